The molecule has 6 nitrogen and oxygen atoms in total. The van der Waals surface area contributed by atoms with Crippen LogP contribution < -0.4 is 0 Å². The van der Waals surface area contributed by atoms with Crippen LogP contribution in [0.5, 0.6) is 5.88 Å². The number of fused-ring (bicyclic) bond motifs is 2. The molecule has 1 aromatic heterocycles. The SMILES string of the molecule is Oc1[nH]c2cc(Br)ccc2c1C1=Nc2ccc(Br)cc2/C1=N\OCC1CO1. The lowest BCUT2D eigenvalue weighted by molar-refractivity contribution is 0.125. The Balaban J connectivity index is 1.64. The highest BCUT2D eigenvalue weighted by Crippen LogP contribution is 2.37. The van der Waals surface area contributed by atoms with Gasteiger partial charge in [0.2, 0.25) is 0 Å². The van der Waals surface area contributed by atoms with Gasteiger partial charge in [-0.3, -0.25) is 0 Å². The van der Waals surface area contributed by atoms with E-state index < -0.39 is 0 Å². The summed E-state index contributed by atoms with van der Waals surface area (Å²) in [4.78, 5) is 13.2. The maximum atomic E-state index is 10.6. The molecule has 2 aliphatic heterocycles. The maximum Gasteiger partial charge on any atom is 0.199 e. The number of hydrogen-bond donors (Lipinski definition) is 2. The number of rotatable bonds is 4. The lowest BCUT2D eigenvalue weighted by Crippen LogP contribution is -2.14. The summed E-state index contributed by atoms with van der Waals surface area (Å²) in [6.45, 7) is 1.10. The van der Waals surface area contributed by atoms with Crippen LogP contribution in [0.15, 0.2) is 55.5 Å². The minimum absolute atomic E-state index is 0.0481. The monoisotopic (exact) mass is 489 g/mol. The lowest BCUT2D eigenvalue weighted by Gasteiger charge is -2.05. The number of aromatic nitrogens is 1. The number of epoxide rings is 1. The molecule has 0 aliphatic carbocycles. The van der Waals surface area contributed by atoms with Gasteiger partial charge >= 0.3 is 0 Å². The van der Waals surface area contributed by atoms with Crippen LogP contribution >= 0.6 is 31.9 Å². The van der Waals surface area contributed by atoms with Crippen LogP contribution in [0.25, 0.3) is 10.9 Å². The van der Waals surface area contributed by atoms with E-state index in [9.17, 15) is 5.11 Å². The molecule has 0 bridgehead atoms. The summed E-state index contributed by atoms with van der Waals surface area (Å²) in [5.41, 5.74) is 4.21. The summed E-state index contributed by atoms with van der Waals surface area (Å²) < 4.78 is 7.01. The van der Waals surface area contributed by atoms with Crippen molar-refractivity contribution < 1.29 is 14.7 Å². The quantitative estimate of drug-likeness (QED) is 0.412. The second-order valence-corrected chi connectivity index (χ2v) is 8.18. The standard InChI is InChI=1S/C19H13Br2N3O3/c20-9-2-4-14-13(5-9)17(24-27-8-11-7-26-11)18(22-14)16-12-3-1-10(21)6-15(12)23-19(16)25/h1-6,11,23,25H,7-8H2/b24-17+. The van der Waals surface area contributed by atoms with Gasteiger partial charge in [0.25, 0.3) is 0 Å². The molecule has 2 N–H and O–H groups in total. The minimum Gasteiger partial charge on any atom is -0.494 e. The Kier molecular flexibility index (Phi) is 4.07. The Morgan fingerprint density at radius 2 is 2.00 bits per heavy atom. The van der Waals surface area contributed by atoms with E-state index in [0.29, 0.717) is 30.2 Å². The van der Waals surface area contributed by atoms with Crippen LogP contribution in [-0.4, -0.2) is 40.8 Å². The van der Waals surface area contributed by atoms with Gasteiger partial charge < -0.3 is 19.7 Å². The summed E-state index contributed by atoms with van der Waals surface area (Å²) >= 11 is 6.95. The Labute approximate surface area is 171 Å². The summed E-state index contributed by atoms with van der Waals surface area (Å²) in [6, 6.07) is 11.6. The van der Waals surface area contributed by atoms with Crippen LogP contribution in [0, 0.1) is 0 Å². The highest BCUT2D eigenvalue weighted by atomic mass is 79.9. The predicted octanol–water partition coefficient (Wildman–Crippen LogP) is 4.65. The molecule has 27 heavy (non-hydrogen) atoms. The zero-order valence-corrected chi connectivity index (χ0v) is 17.0. The highest BCUT2D eigenvalue weighted by molar-refractivity contribution is 9.10. The average molecular weight is 491 g/mol. The van der Waals surface area contributed by atoms with E-state index in [2.05, 4.69) is 42.0 Å². The molecule has 136 valence electrons. The zero-order chi connectivity index (χ0) is 18.5. The first-order valence-electron chi connectivity index (χ1n) is 8.31. The van der Waals surface area contributed by atoms with Gasteiger partial charge in [-0.05, 0) is 30.3 Å². The van der Waals surface area contributed by atoms with Crippen molar-refractivity contribution in [2.24, 2.45) is 10.1 Å². The first-order chi connectivity index (χ1) is 13.1. The zero-order valence-electron chi connectivity index (χ0n) is 13.9. The molecule has 0 spiro atoms. The molecular formula is C19H13Br2N3O3. The number of halogens is 2. The maximum absolute atomic E-state index is 10.6. The number of aliphatic imine (C=N–C) groups is 1. The van der Waals surface area contributed by atoms with Crippen LogP contribution in [0.4, 0.5) is 5.69 Å². The van der Waals surface area contributed by atoms with E-state index in [0.717, 1.165) is 31.1 Å². The van der Waals surface area contributed by atoms with E-state index in [-0.39, 0.29) is 12.0 Å². The number of benzene rings is 2. The molecule has 1 atom stereocenters. The normalized spacial score (nSPS) is 19.4. The number of aromatic amines is 1. The molecule has 0 saturated carbocycles. The van der Waals surface area contributed by atoms with Gasteiger partial charge in [-0.25, -0.2) is 4.99 Å². The number of oxime groups is 1. The van der Waals surface area contributed by atoms with Crippen molar-refractivity contribution in [3.05, 3.63) is 56.5 Å². The molecule has 3 aromatic rings. The van der Waals surface area contributed by atoms with Gasteiger partial charge in [0.05, 0.1) is 23.4 Å². The van der Waals surface area contributed by atoms with E-state index in [1.54, 1.807) is 0 Å². The van der Waals surface area contributed by atoms with Gasteiger partial charge in [0, 0.05) is 19.9 Å². The Morgan fingerprint density at radius 3 is 2.81 bits per heavy atom. The van der Waals surface area contributed by atoms with Crippen molar-refractivity contribution in [3.63, 3.8) is 0 Å². The minimum atomic E-state index is 0.0481. The predicted molar refractivity (Wildman–Crippen MR) is 110 cm³/mol. The number of nitrogens with zero attached hydrogens (tertiary/aromatic N) is 2. The van der Waals surface area contributed by atoms with E-state index >= 15 is 0 Å². The molecular weight excluding hydrogens is 478 g/mol. The smallest absolute Gasteiger partial charge is 0.199 e. The molecule has 1 fully saturated rings. The molecule has 2 aliphatic rings. The Morgan fingerprint density at radius 1 is 1.22 bits per heavy atom. The van der Waals surface area contributed by atoms with Crippen LogP contribution in [0.3, 0.4) is 0 Å². The summed E-state index contributed by atoms with van der Waals surface area (Å²) in [6.07, 6.45) is 0.108. The third-order valence-corrected chi connectivity index (χ3v) is 5.45. The fourth-order valence-electron chi connectivity index (χ4n) is 3.11. The molecule has 1 unspecified atom stereocenters. The highest BCUT2D eigenvalue weighted by Gasteiger charge is 2.30. The van der Waals surface area contributed by atoms with Crippen molar-refractivity contribution in [1.29, 1.82) is 0 Å². The second kappa shape index (κ2) is 6.47. The fraction of sp³-hybridized carbons (Fsp3) is 0.158. The van der Waals surface area contributed by atoms with E-state index in [1.165, 1.54) is 0 Å². The summed E-state index contributed by atoms with van der Waals surface area (Å²) in [5.74, 6) is 0.0481. The third-order valence-electron chi connectivity index (χ3n) is 4.47. The van der Waals surface area contributed by atoms with Crippen molar-refractivity contribution in [3.8, 4) is 5.88 Å². The molecule has 8 heteroatoms. The summed E-state index contributed by atoms with van der Waals surface area (Å²) in [5, 5.41) is 15.8. The van der Waals surface area contributed by atoms with Gasteiger partial charge in [0.1, 0.15) is 24.1 Å². The van der Waals surface area contributed by atoms with Gasteiger partial charge in [0.15, 0.2) is 5.88 Å². The number of nitrogens with one attached hydrogen (secondary N) is 1. The first-order valence-corrected chi connectivity index (χ1v) is 9.90. The summed E-state index contributed by atoms with van der Waals surface area (Å²) in [7, 11) is 0. The second-order valence-electron chi connectivity index (χ2n) is 6.35. The van der Waals surface area contributed by atoms with Crippen molar-refractivity contribution in [2.45, 2.75) is 6.10 Å². The Bertz CT molecular complexity index is 1130. The Hall–Kier alpha value is -2.16. The van der Waals surface area contributed by atoms with Crippen LogP contribution in [-0.2, 0) is 9.57 Å². The first kappa shape index (κ1) is 17.0. The lowest BCUT2D eigenvalue weighted by atomic mass is 10.0. The third kappa shape index (κ3) is 3.07. The van der Waals surface area contributed by atoms with Crippen LogP contribution in [0.2, 0.25) is 0 Å². The fourth-order valence-corrected chi connectivity index (χ4v) is 3.83. The molecule has 1 saturated heterocycles. The number of ether oxygens (including phenoxy) is 1. The van der Waals surface area contributed by atoms with Gasteiger partial charge in [-0.15, -0.1) is 0 Å². The van der Waals surface area contributed by atoms with Crippen LogP contribution in [0.1, 0.15) is 11.1 Å². The topological polar surface area (TPSA) is 82.5 Å². The van der Waals surface area contributed by atoms with E-state index in [1.807, 2.05) is 36.4 Å². The number of H-pyrrole nitrogens is 1. The molecule has 3 heterocycles. The molecule has 2 aromatic carbocycles. The van der Waals surface area contributed by atoms with Crippen molar-refractivity contribution >= 4 is 59.9 Å². The average Bonchev–Trinajstić information content (AvgIpc) is 3.31. The molecule has 0 radical (unpaired) electrons. The molecule has 0 amide bonds. The van der Waals surface area contributed by atoms with E-state index in [4.69, 9.17) is 14.6 Å². The van der Waals surface area contributed by atoms with Crippen molar-refractivity contribution in [2.75, 3.05) is 13.2 Å². The largest absolute Gasteiger partial charge is 0.494 e. The van der Waals surface area contributed by atoms with Gasteiger partial charge in [-0.1, -0.05) is 43.1 Å². The van der Waals surface area contributed by atoms with Gasteiger partial charge in [-0.2, -0.15) is 0 Å². The number of hydrogen-bond acceptors (Lipinski definition) is 5. The van der Waals surface area contributed by atoms with Crippen molar-refractivity contribution in [1.82, 2.24) is 4.98 Å². The number of aromatic hydroxyl groups is 1. The molecule has 5 rings (SSSR count).